The molecule has 3 heteroatoms. The first-order valence-electron chi connectivity index (χ1n) is 9.11. The van der Waals surface area contributed by atoms with E-state index in [2.05, 4.69) is 31.1 Å². The third-order valence-corrected chi connectivity index (χ3v) is 5.58. The summed E-state index contributed by atoms with van der Waals surface area (Å²) >= 11 is 0. The molecule has 21 heavy (non-hydrogen) atoms. The van der Waals surface area contributed by atoms with Crippen molar-refractivity contribution < 1.29 is 5.11 Å². The van der Waals surface area contributed by atoms with Gasteiger partial charge in [-0.25, -0.2) is 0 Å². The Morgan fingerprint density at radius 3 is 2.33 bits per heavy atom. The van der Waals surface area contributed by atoms with Crippen molar-refractivity contribution in [1.82, 2.24) is 10.2 Å². The summed E-state index contributed by atoms with van der Waals surface area (Å²) in [6.07, 6.45) is 11.7. The lowest BCUT2D eigenvalue weighted by molar-refractivity contribution is 0.150. The van der Waals surface area contributed by atoms with E-state index >= 15 is 0 Å². The highest BCUT2D eigenvalue weighted by Gasteiger charge is 2.31. The van der Waals surface area contributed by atoms with Gasteiger partial charge in [0, 0.05) is 17.6 Å². The Kier molecular flexibility index (Phi) is 6.51. The molecule has 124 valence electrons. The molecule has 3 nitrogen and oxygen atoms in total. The Bertz CT molecular complexity index is 298. The van der Waals surface area contributed by atoms with Crippen molar-refractivity contribution in [3.05, 3.63) is 0 Å². The van der Waals surface area contributed by atoms with Crippen molar-refractivity contribution in [2.45, 2.75) is 89.3 Å². The van der Waals surface area contributed by atoms with Crippen LogP contribution in [0.5, 0.6) is 0 Å². The number of hydrogen-bond donors (Lipinski definition) is 2. The Morgan fingerprint density at radius 2 is 1.76 bits per heavy atom. The van der Waals surface area contributed by atoms with Gasteiger partial charge in [-0.15, -0.1) is 0 Å². The molecule has 1 unspecified atom stereocenters. The zero-order valence-electron chi connectivity index (χ0n) is 14.4. The normalized spacial score (nSPS) is 29.6. The number of hydrogen-bond acceptors (Lipinski definition) is 3. The van der Waals surface area contributed by atoms with Crippen LogP contribution in [0.4, 0.5) is 0 Å². The van der Waals surface area contributed by atoms with E-state index in [9.17, 15) is 5.11 Å². The van der Waals surface area contributed by atoms with Gasteiger partial charge in [0.25, 0.3) is 0 Å². The third-order valence-electron chi connectivity index (χ3n) is 5.58. The van der Waals surface area contributed by atoms with Crippen LogP contribution in [0.25, 0.3) is 0 Å². The standard InChI is InChI=1S/C18H36N2O/c1-15-6-10-17(11-7-15)20(3)13-5-4-12-18(2,14-21)19-16-8-9-16/h15-17,19,21H,4-14H2,1-3H3. The Balaban J connectivity index is 1.59. The van der Waals surface area contributed by atoms with Gasteiger partial charge in [0.2, 0.25) is 0 Å². The predicted octanol–water partition coefficient (Wildman–Crippen LogP) is 3.17. The minimum Gasteiger partial charge on any atom is -0.394 e. The monoisotopic (exact) mass is 296 g/mol. The maximum absolute atomic E-state index is 9.63. The predicted molar refractivity (Wildman–Crippen MR) is 89.5 cm³/mol. The first-order chi connectivity index (χ1) is 10.0. The molecule has 2 fully saturated rings. The van der Waals surface area contributed by atoms with E-state index in [1.54, 1.807) is 0 Å². The van der Waals surface area contributed by atoms with Gasteiger partial charge in [0.05, 0.1) is 6.61 Å². The van der Waals surface area contributed by atoms with Crippen molar-refractivity contribution in [1.29, 1.82) is 0 Å². The van der Waals surface area contributed by atoms with Crippen LogP contribution < -0.4 is 5.32 Å². The van der Waals surface area contributed by atoms with E-state index in [4.69, 9.17) is 0 Å². The van der Waals surface area contributed by atoms with Gasteiger partial charge in [-0.1, -0.05) is 13.3 Å². The van der Waals surface area contributed by atoms with Crippen molar-refractivity contribution in [3.63, 3.8) is 0 Å². The van der Waals surface area contributed by atoms with Crippen LogP contribution in [0.2, 0.25) is 0 Å². The smallest absolute Gasteiger partial charge is 0.0610 e. The van der Waals surface area contributed by atoms with Crippen molar-refractivity contribution >= 4 is 0 Å². The van der Waals surface area contributed by atoms with Crippen molar-refractivity contribution in [2.75, 3.05) is 20.2 Å². The minimum atomic E-state index is -0.0555. The van der Waals surface area contributed by atoms with E-state index < -0.39 is 0 Å². The van der Waals surface area contributed by atoms with Gasteiger partial charge in [-0.3, -0.25) is 0 Å². The van der Waals surface area contributed by atoms with Gasteiger partial charge in [0.1, 0.15) is 0 Å². The summed E-state index contributed by atoms with van der Waals surface area (Å²) in [4.78, 5) is 2.58. The third kappa shape index (κ3) is 5.88. The lowest BCUT2D eigenvalue weighted by atomic mass is 9.86. The topological polar surface area (TPSA) is 35.5 Å². The number of unbranched alkanes of at least 4 members (excludes halogenated alkanes) is 1. The van der Waals surface area contributed by atoms with Crippen LogP contribution in [-0.2, 0) is 0 Å². The number of rotatable bonds is 9. The number of aliphatic hydroxyl groups is 1. The zero-order chi connectivity index (χ0) is 15.3. The summed E-state index contributed by atoms with van der Waals surface area (Å²) in [6, 6.07) is 1.49. The number of nitrogens with zero attached hydrogens (tertiary/aromatic N) is 1. The second kappa shape index (κ2) is 7.94. The largest absolute Gasteiger partial charge is 0.394 e. The molecule has 0 amide bonds. The van der Waals surface area contributed by atoms with Crippen LogP contribution >= 0.6 is 0 Å². The number of nitrogens with one attached hydrogen (secondary N) is 1. The maximum Gasteiger partial charge on any atom is 0.0610 e. The van der Waals surface area contributed by atoms with E-state index in [-0.39, 0.29) is 12.1 Å². The zero-order valence-corrected chi connectivity index (χ0v) is 14.4. The molecule has 2 N–H and O–H groups in total. The first kappa shape index (κ1) is 17.2. The summed E-state index contributed by atoms with van der Waals surface area (Å²) in [5.74, 6) is 0.938. The van der Waals surface area contributed by atoms with Gasteiger partial charge in [0.15, 0.2) is 0 Å². The molecule has 0 aromatic rings. The van der Waals surface area contributed by atoms with Gasteiger partial charge < -0.3 is 15.3 Å². The van der Waals surface area contributed by atoms with E-state index in [1.165, 1.54) is 57.9 Å². The SMILES string of the molecule is CC1CCC(N(C)CCCCC(C)(CO)NC2CC2)CC1. The van der Waals surface area contributed by atoms with Crippen molar-refractivity contribution in [2.24, 2.45) is 5.92 Å². The molecule has 1 atom stereocenters. The van der Waals surface area contributed by atoms with Crippen LogP contribution in [0.1, 0.15) is 71.6 Å². The lowest BCUT2D eigenvalue weighted by Gasteiger charge is -2.34. The molecule has 0 radical (unpaired) electrons. The molecular weight excluding hydrogens is 260 g/mol. The van der Waals surface area contributed by atoms with Gasteiger partial charge in [-0.05, 0) is 77.8 Å². The van der Waals surface area contributed by atoms with Crippen LogP contribution in [-0.4, -0.2) is 47.8 Å². The second-order valence-corrected chi connectivity index (χ2v) is 7.99. The Labute approximate surface area is 131 Å². The van der Waals surface area contributed by atoms with Gasteiger partial charge in [-0.2, -0.15) is 0 Å². The second-order valence-electron chi connectivity index (χ2n) is 7.99. The van der Waals surface area contributed by atoms with Crippen LogP contribution in [0, 0.1) is 5.92 Å². The molecule has 0 bridgehead atoms. The average Bonchev–Trinajstić information content (AvgIpc) is 3.28. The van der Waals surface area contributed by atoms with E-state index in [0.29, 0.717) is 6.04 Å². The number of aliphatic hydroxyl groups excluding tert-OH is 1. The molecule has 0 saturated heterocycles. The van der Waals surface area contributed by atoms with E-state index in [1.807, 2.05) is 0 Å². The molecule has 0 aromatic carbocycles. The fraction of sp³-hybridized carbons (Fsp3) is 1.00. The molecule has 2 aliphatic rings. The Morgan fingerprint density at radius 1 is 1.10 bits per heavy atom. The molecular formula is C18H36N2O. The molecule has 0 aromatic heterocycles. The Hall–Kier alpha value is -0.120. The summed E-state index contributed by atoms with van der Waals surface area (Å²) in [7, 11) is 2.30. The quantitative estimate of drug-likeness (QED) is 0.642. The van der Waals surface area contributed by atoms with Crippen LogP contribution in [0.3, 0.4) is 0 Å². The average molecular weight is 296 g/mol. The highest BCUT2D eigenvalue weighted by Crippen LogP contribution is 2.27. The molecule has 2 saturated carbocycles. The van der Waals surface area contributed by atoms with Crippen molar-refractivity contribution in [3.8, 4) is 0 Å². The molecule has 0 aliphatic heterocycles. The first-order valence-corrected chi connectivity index (χ1v) is 9.11. The molecule has 0 heterocycles. The minimum absolute atomic E-state index is 0.0555. The van der Waals surface area contributed by atoms with Crippen LogP contribution in [0.15, 0.2) is 0 Å². The lowest BCUT2D eigenvalue weighted by Crippen LogP contribution is -2.47. The van der Waals surface area contributed by atoms with Gasteiger partial charge >= 0.3 is 0 Å². The molecule has 2 aliphatic carbocycles. The summed E-state index contributed by atoms with van der Waals surface area (Å²) in [5, 5.41) is 13.2. The highest BCUT2D eigenvalue weighted by molar-refractivity contribution is 4.92. The highest BCUT2D eigenvalue weighted by atomic mass is 16.3. The summed E-state index contributed by atoms with van der Waals surface area (Å²) < 4.78 is 0. The van der Waals surface area contributed by atoms with E-state index in [0.717, 1.165) is 18.4 Å². The molecule has 2 rings (SSSR count). The summed E-state index contributed by atoms with van der Waals surface area (Å²) in [5.41, 5.74) is -0.0555. The molecule has 0 spiro atoms. The fourth-order valence-corrected chi connectivity index (χ4v) is 3.66. The fourth-order valence-electron chi connectivity index (χ4n) is 3.66. The summed E-state index contributed by atoms with van der Waals surface area (Å²) in [6.45, 7) is 6.04. The maximum atomic E-state index is 9.63.